The van der Waals surface area contributed by atoms with Gasteiger partial charge in [-0.3, -0.25) is 9.69 Å². The Labute approximate surface area is 141 Å². The molecule has 6 heteroatoms. The van der Waals surface area contributed by atoms with Crippen LogP contribution in [0.3, 0.4) is 0 Å². The first-order valence-electron chi connectivity index (χ1n) is 7.49. The zero-order chi connectivity index (χ0) is 16.3. The molecule has 0 aromatic heterocycles. The molecule has 0 saturated heterocycles. The second kappa shape index (κ2) is 7.53. The SMILES string of the molecule is CC(Oc1cc(Cl)cc(Cl)c1)C(=O)NCC(C)N(C)C1CC1. The van der Waals surface area contributed by atoms with Crippen LogP contribution in [0.5, 0.6) is 5.75 Å². The van der Waals surface area contributed by atoms with E-state index in [0.717, 1.165) is 0 Å². The van der Waals surface area contributed by atoms with Crippen LogP contribution in [-0.2, 0) is 4.79 Å². The third kappa shape index (κ3) is 5.04. The van der Waals surface area contributed by atoms with Crippen molar-refractivity contribution in [1.29, 1.82) is 0 Å². The number of likely N-dealkylation sites (N-methyl/N-ethyl adjacent to an activating group) is 1. The minimum Gasteiger partial charge on any atom is -0.481 e. The highest BCUT2D eigenvalue weighted by molar-refractivity contribution is 6.34. The highest BCUT2D eigenvalue weighted by Crippen LogP contribution is 2.27. The van der Waals surface area contributed by atoms with E-state index in [2.05, 4.69) is 24.2 Å². The van der Waals surface area contributed by atoms with Gasteiger partial charge in [0.2, 0.25) is 0 Å². The van der Waals surface area contributed by atoms with Crippen LogP contribution in [0, 0.1) is 0 Å². The third-order valence-corrected chi connectivity index (χ3v) is 4.34. The van der Waals surface area contributed by atoms with Crippen molar-refractivity contribution < 1.29 is 9.53 Å². The Morgan fingerprint density at radius 3 is 2.45 bits per heavy atom. The Morgan fingerprint density at radius 2 is 1.91 bits per heavy atom. The van der Waals surface area contributed by atoms with Gasteiger partial charge in [0.25, 0.3) is 5.91 Å². The Bertz CT molecular complexity index is 515. The lowest BCUT2D eigenvalue weighted by Gasteiger charge is -2.25. The third-order valence-electron chi connectivity index (χ3n) is 3.91. The molecule has 2 atom stereocenters. The zero-order valence-corrected chi connectivity index (χ0v) is 14.6. The van der Waals surface area contributed by atoms with Gasteiger partial charge in [0.05, 0.1) is 0 Å². The Balaban J connectivity index is 1.81. The van der Waals surface area contributed by atoms with Crippen molar-refractivity contribution in [2.75, 3.05) is 13.6 Å². The average molecular weight is 345 g/mol. The molecule has 1 aromatic rings. The maximum absolute atomic E-state index is 12.1. The van der Waals surface area contributed by atoms with Crippen molar-refractivity contribution in [3.63, 3.8) is 0 Å². The fourth-order valence-electron chi connectivity index (χ4n) is 2.23. The Hall–Kier alpha value is -0.970. The van der Waals surface area contributed by atoms with Gasteiger partial charge in [0.15, 0.2) is 6.10 Å². The first-order valence-corrected chi connectivity index (χ1v) is 8.25. The van der Waals surface area contributed by atoms with E-state index in [1.165, 1.54) is 12.8 Å². The van der Waals surface area contributed by atoms with Gasteiger partial charge in [0.1, 0.15) is 5.75 Å². The van der Waals surface area contributed by atoms with Crippen molar-refractivity contribution in [1.82, 2.24) is 10.2 Å². The van der Waals surface area contributed by atoms with Gasteiger partial charge in [-0.05, 0) is 51.9 Å². The van der Waals surface area contributed by atoms with Gasteiger partial charge in [-0.25, -0.2) is 0 Å². The molecular formula is C16H22Cl2N2O2. The molecule has 0 aliphatic heterocycles. The molecule has 1 fully saturated rings. The molecule has 1 amide bonds. The normalized spacial score (nSPS) is 17.2. The fourth-order valence-corrected chi connectivity index (χ4v) is 2.74. The second-order valence-electron chi connectivity index (χ2n) is 5.86. The van der Waals surface area contributed by atoms with Gasteiger partial charge in [0, 0.05) is 28.7 Å². The summed E-state index contributed by atoms with van der Waals surface area (Å²) >= 11 is 11.8. The zero-order valence-electron chi connectivity index (χ0n) is 13.1. The highest BCUT2D eigenvalue weighted by atomic mass is 35.5. The van der Waals surface area contributed by atoms with Crippen LogP contribution in [-0.4, -0.2) is 42.6 Å². The predicted molar refractivity (Wildman–Crippen MR) is 89.8 cm³/mol. The molecule has 0 heterocycles. The lowest BCUT2D eigenvalue weighted by molar-refractivity contribution is -0.127. The van der Waals surface area contributed by atoms with E-state index in [4.69, 9.17) is 27.9 Å². The van der Waals surface area contributed by atoms with Crippen LogP contribution >= 0.6 is 23.2 Å². The van der Waals surface area contributed by atoms with E-state index in [1.54, 1.807) is 25.1 Å². The molecule has 2 rings (SSSR count). The van der Waals surface area contributed by atoms with Crippen LogP contribution in [0.4, 0.5) is 0 Å². The Morgan fingerprint density at radius 1 is 1.32 bits per heavy atom. The summed E-state index contributed by atoms with van der Waals surface area (Å²) in [6.45, 7) is 4.43. The van der Waals surface area contributed by atoms with E-state index in [1.807, 2.05) is 0 Å². The van der Waals surface area contributed by atoms with E-state index < -0.39 is 6.10 Å². The number of nitrogens with one attached hydrogen (secondary N) is 1. The van der Waals surface area contributed by atoms with Crippen molar-refractivity contribution in [2.45, 2.75) is 44.9 Å². The van der Waals surface area contributed by atoms with Crippen LogP contribution in [0.25, 0.3) is 0 Å². The standard InChI is InChI=1S/C16H22Cl2N2O2/c1-10(20(3)14-4-5-14)9-19-16(21)11(2)22-15-7-12(17)6-13(18)8-15/h6-8,10-11,14H,4-5,9H2,1-3H3,(H,19,21). The molecule has 1 saturated carbocycles. The number of benzene rings is 1. The quantitative estimate of drug-likeness (QED) is 0.824. The monoisotopic (exact) mass is 344 g/mol. The number of nitrogens with zero attached hydrogens (tertiary/aromatic N) is 1. The number of carbonyl (C=O) groups is 1. The number of halogens is 2. The molecule has 22 heavy (non-hydrogen) atoms. The molecule has 0 bridgehead atoms. The molecular weight excluding hydrogens is 323 g/mol. The second-order valence-corrected chi connectivity index (χ2v) is 6.73. The van der Waals surface area contributed by atoms with E-state index in [-0.39, 0.29) is 5.91 Å². The smallest absolute Gasteiger partial charge is 0.260 e. The molecule has 1 aliphatic rings. The van der Waals surface area contributed by atoms with Crippen molar-refractivity contribution >= 4 is 29.1 Å². The number of amides is 1. The topological polar surface area (TPSA) is 41.6 Å². The van der Waals surface area contributed by atoms with E-state index in [0.29, 0.717) is 34.4 Å². The van der Waals surface area contributed by atoms with Crippen LogP contribution in [0.1, 0.15) is 26.7 Å². The summed E-state index contributed by atoms with van der Waals surface area (Å²) in [4.78, 5) is 14.4. The van der Waals surface area contributed by atoms with Crippen molar-refractivity contribution in [2.24, 2.45) is 0 Å². The van der Waals surface area contributed by atoms with E-state index in [9.17, 15) is 4.79 Å². The van der Waals surface area contributed by atoms with Crippen molar-refractivity contribution in [3.8, 4) is 5.75 Å². The van der Waals surface area contributed by atoms with Crippen LogP contribution < -0.4 is 10.1 Å². The maximum Gasteiger partial charge on any atom is 0.260 e. The lowest BCUT2D eigenvalue weighted by atomic mass is 10.2. The lowest BCUT2D eigenvalue weighted by Crippen LogP contribution is -2.44. The minimum atomic E-state index is -0.604. The van der Waals surface area contributed by atoms with Gasteiger partial charge in [-0.2, -0.15) is 0 Å². The van der Waals surface area contributed by atoms with Gasteiger partial charge < -0.3 is 10.1 Å². The number of carbonyl (C=O) groups excluding carboxylic acids is 1. The van der Waals surface area contributed by atoms with Crippen molar-refractivity contribution in [3.05, 3.63) is 28.2 Å². The molecule has 1 aromatic carbocycles. The predicted octanol–water partition coefficient (Wildman–Crippen LogP) is 3.36. The molecule has 122 valence electrons. The molecule has 2 unspecified atom stereocenters. The Kier molecular flexibility index (Phi) is 5.95. The first-order chi connectivity index (χ1) is 10.4. The van der Waals surface area contributed by atoms with Gasteiger partial charge in [-0.15, -0.1) is 0 Å². The summed E-state index contributed by atoms with van der Waals surface area (Å²) in [5.41, 5.74) is 0. The molecule has 4 nitrogen and oxygen atoms in total. The summed E-state index contributed by atoms with van der Waals surface area (Å²) in [5.74, 6) is 0.343. The first kappa shape index (κ1) is 17.4. The molecule has 0 spiro atoms. The van der Waals surface area contributed by atoms with Gasteiger partial charge in [-0.1, -0.05) is 23.2 Å². The number of rotatable bonds is 7. The van der Waals surface area contributed by atoms with Crippen LogP contribution in [0.2, 0.25) is 10.0 Å². The van der Waals surface area contributed by atoms with Crippen LogP contribution in [0.15, 0.2) is 18.2 Å². The number of hydrogen-bond acceptors (Lipinski definition) is 3. The van der Waals surface area contributed by atoms with E-state index >= 15 is 0 Å². The number of ether oxygens (including phenoxy) is 1. The summed E-state index contributed by atoms with van der Waals surface area (Å²) in [5, 5.41) is 3.89. The largest absolute Gasteiger partial charge is 0.481 e. The highest BCUT2D eigenvalue weighted by Gasteiger charge is 2.29. The molecule has 0 radical (unpaired) electrons. The fraction of sp³-hybridized carbons (Fsp3) is 0.562. The molecule has 1 aliphatic carbocycles. The summed E-state index contributed by atoms with van der Waals surface area (Å²) in [6, 6.07) is 5.88. The maximum atomic E-state index is 12.1. The molecule has 1 N–H and O–H groups in total. The summed E-state index contributed by atoms with van der Waals surface area (Å²) < 4.78 is 5.60. The number of hydrogen-bond donors (Lipinski definition) is 1. The average Bonchev–Trinajstić information content (AvgIpc) is 3.26. The summed E-state index contributed by atoms with van der Waals surface area (Å²) in [6.07, 6.45) is 1.90. The minimum absolute atomic E-state index is 0.146. The van der Waals surface area contributed by atoms with Gasteiger partial charge >= 0.3 is 0 Å². The summed E-state index contributed by atoms with van der Waals surface area (Å²) in [7, 11) is 2.10.